The molecule has 2 aromatic rings. The lowest BCUT2D eigenvalue weighted by Crippen LogP contribution is -2.05. The van der Waals surface area contributed by atoms with Crippen molar-refractivity contribution in [2.75, 3.05) is 25.8 Å². The Hall–Kier alpha value is -2.58. The van der Waals surface area contributed by atoms with E-state index in [9.17, 15) is 0 Å². The van der Waals surface area contributed by atoms with E-state index in [0.29, 0.717) is 12.4 Å². The smallest absolute Gasteiger partial charge is 0.189 e. The van der Waals surface area contributed by atoms with Crippen LogP contribution in [0.3, 0.4) is 0 Å². The summed E-state index contributed by atoms with van der Waals surface area (Å²) in [7, 11) is 1.82. The number of ether oxygens (including phenoxy) is 2. The second kappa shape index (κ2) is 8.16. The fraction of sp³-hybridized carbons (Fsp3) is 0.333. The van der Waals surface area contributed by atoms with Crippen molar-refractivity contribution >= 4 is 5.82 Å². The van der Waals surface area contributed by atoms with Gasteiger partial charge in [-0.15, -0.1) is 16.1 Å². The number of aryl methyl sites for hydroxylation is 1. The van der Waals surface area contributed by atoms with Crippen molar-refractivity contribution in [2.24, 2.45) is 0 Å². The van der Waals surface area contributed by atoms with Crippen molar-refractivity contribution in [3.8, 4) is 28.8 Å². The molecule has 0 atom stereocenters. The zero-order chi connectivity index (χ0) is 16.7. The predicted octanol–water partition coefficient (Wildman–Crippen LogP) is 3.24. The molecule has 0 saturated carbocycles. The lowest BCUT2D eigenvalue weighted by Gasteiger charge is -2.13. The summed E-state index contributed by atoms with van der Waals surface area (Å²) >= 11 is 0. The molecule has 1 N–H and O–H groups in total. The quantitative estimate of drug-likeness (QED) is 0.504. The molecule has 23 heavy (non-hydrogen) atoms. The van der Waals surface area contributed by atoms with E-state index in [0.717, 1.165) is 28.2 Å². The van der Waals surface area contributed by atoms with Gasteiger partial charge in [0.2, 0.25) is 0 Å². The Morgan fingerprint density at radius 2 is 2.04 bits per heavy atom. The highest BCUT2D eigenvalue weighted by atomic mass is 16.7. The molecule has 1 heterocycles. The molecular formula is C18H21N3O2. The number of nitrogens with zero attached hydrogens (tertiary/aromatic N) is 2. The van der Waals surface area contributed by atoms with Gasteiger partial charge in [0.15, 0.2) is 6.79 Å². The number of hydrogen-bond donors (Lipinski definition) is 1. The number of benzene rings is 1. The van der Waals surface area contributed by atoms with Gasteiger partial charge in [0, 0.05) is 24.8 Å². The fourth-order valence-electron chi connectivity index (χ4n) is 2.12. The molecule has 1 aromatic heterocycles. The second-order valence-electron chi connectivity index (χ2n) is 4.85. The van der Waals surface area contributed by atoms with Crippen molar-refractivity contribution in [3.63, 3.8) is 0 Å². The van der Waals surface area contributed by atoms with Crippen LogP contribution in [-0.2, 0) is 4.74 Å². The molecule has 0 saturated heterocycles. The van der Waals surface area contributed by atoms with Crippen LogP contribution in [0.2, 0.25) is 0 Å². The minimum atomic E-state index is 0.188. The van der Waals surface area contributed by atoms with Crippen LogP contribution in [0.1, 0.15) is 25.0 Å². The molecule has 120 valence electrons. The topological polar surface area (TPSA) is 56.3 Å². The maximum Gasteiger partial charge on any atom is 0.189 e. The maximum absolute atomic E-state index is 5.76. The Morgan fingerprint density at radius 3 is 2.70 bits per heavy atom. The molecule has 0 aliphatic heterocycles. The van der Waals surface area contributed by atoms with Crippen LogP contribution >= 0.6 is 0 Å². The van der Waals surface area contributed by atoms with E-state index in [2.05, 4.69) is 27.4 Å². The SMILES string of the molecule is CC#Cc1ccc(-c2nnc(NC)cc2C)c(OCOCC)c1. The van der Waals surface area contributed by atoms with Crippen molar-refractivity contribution < 1.29 is 9.47 Å². The predicted molar refractivity (Wildman–Crippen MR) is 91.4 cm³/mol. The molecule has 5 nitrogen and oxygen atoms in total. The van der Waals surface area contributed by atoms with Crippen LogP contribution in [0.5, 0.6) is 5.75 Å². The van der Waals surface area contributed by atoms with Gasteiger partial charge in [-0.05, 0) is 50.6 Å². The maximum atomic E-state index is 5.76. The fourth-order valence-corrected chi connectivity index (χ4v) is 2.12. The summed E-state index contributed by atoms with van der Waals surface area (Å²) in [6.45, 7) is 6.51. The van der Waals surface area contributed by atoms with Gasteiger partial charge in [-0.25, -0.2) is 0 Å². The van der Waals surface area contributed by atoms with E-state index < -0.39 is 0 Å². The Morgan fingerprint density at radius 1 is 1.22 bits per heavy atom. The number of anilines is 1. The first-order valence-electron chi connectivity index (χ1n) is 7.49. The monoisotopic (exact) mass is 311 g/mol. The van der Waals surface area contributed by atoms with Gasteiger partial charge in [-0.2, -0.15) is 0 Å². The van der Waals surface area contributed by atoms with Gasteiger partial charge >= 0.3 is 0 Å². The lowest BCUT2D eigenvalue weighted by molar-refractivity contribution is 0.0227. The minimum Gasteiger partial charge on any atom is -0.467 e. The van der Waals surface area contributed by atoms with Crippen LogP contribution in [0, 0.1) is 18.8 Å². The van der Waals surface area contributed by atoms with Crippen LogP contribution in [0.25, 0.3) is 11.3 Å². The molecule has 5 heteroatoms. The molecule has 0 unspecified atom stereocenters. The number of nitrogens with one attached hydrogen (secondary N) is 1. The highest BCUT2D eigenvalue weighted by molar-refractivity contribution is 5.71. The second-order valence-corrected chi connectivity index (χ2v) is 4.85. The molecule has 1 aromatic carbocycles. The highest BCUT2D eigenvalue weighted by Gasteiger charge is 2.13. The lowest BCUT2D eigenvalue weighted by atomic mass is 10.0. The van der Waals surface area contributed by atoms with Gasteiger partial charge in [0.05, 0.1) is 5.69 Å². The third-order valence-electron chi connectivity index (χ3n) is 3.25. The van der Waals surface area contributed by atoms with Crippen LogP contribution in [0.4, 0.5) is 5.82 Å². The highest BCUT2D eigenvalue weighted by Crippen LogP contribution is 2.32. The van der Waals surface area contributed by atoms with Crippen molar-refractivity contribution in [1.29, 1.82) is 0 Å². The van der Waals surface area contributed by atoms with Crippen molar-refractivity contribution in [1.82, 2.24) is 10.2 Å². The van der Waals surface area contributed by atoms with E-state index >= 15 is 0 Å². The Balaban J connectivity index is 2.44. The van der Waals surface area contributed by atoms with E-state index in [1.807, 2.05) is 45.2 Å². The minimum absolute atomic E-state index is 0.188. The van der Waals surface area contributed by atoms with Crippen LogP contribution in [-0.4, -0.2) is 30.6 Å². The molecule has 0 aliphatic carbocycles. The zero-order valence-electron chi connectivity index (χ0n) is 13.9. The summed E-state index contributed by atoms with van der Waals surface area (Å²) in [4.78, 5) is 0. The van der Waals surface area contributed by atoms with Gasteiger partial charge < -0.3 is 14.8 Å². The van der Waals surface area contributed by atoms with E-state index in [-0.39, 0.29) is 6.79 Å². The van der Waals surface area contributed by atoms with Gasteiger partial charge in [-0.1, -0.05) is 5.92 Å². The number of hydrogen-bond acceptors (Lipinski definition) is 5. The zero-order valence-corrected chi connectivity index (χ0v) is 13.9. The Labute approximate surface area is 137 Å². The normalized spacial score (nSPS) is 9.91. The third kappa shape index (κ3) is 4.21. The first-order chi connectivity index (χ1) is 11.2. The average molecular weight is 311 g/mol. The van der Waals surface area contributed by atoms with E-state index in [1.165, 1.54) is 0 Å². The summed E-state index contributed by atoms with van der Waals surface area (Å²) in [6.07, 6.45) is 0. The molecule has 0 aliphatic rings. The molecule has 0 fully saturated rings. The molecule has 0 bridgehead atoms. The Bertz CT molecular complexity index is 733. The van der Waals surface area contributed by atoms with Gasteiger partial charge in [0.25, 0.3) is 0 Å². The summed E-state index contributed by atoms with van der Waals surface area (Å²) in [6, 6.07) is 7.76. The van der Waals surface area contributed by atoms with Crippen molar-refractivity contribution in [3.05, 3.63) is 35.4 Å². The summed E-state index contributed by atoms with van der Waals surface area (Å²) < 4.78 is 11.0. The molecule has 0 amide bonds. The standard InChI is InChI=1S/C18H21N3O2/c1-5-7-14-8-9-15(16(11-14)23-12-22-6-2)18-13(3)10-17(19-4)20-21-18/h8-11H,6,12H2,1-4H3,(H,19,20). The first-order valence-corrected chi connectivity index (χ1v) is 7.49. The molecule has 0 spiro atoms. The van der Waals surface area contributed by atoms with Gasteiger partial charge in [-0.3, -0.25) is 0 Å². The molecule has 2 rings (SSSR count). The summed E-state index contributed by atoms with van der Waals surface area (Å²) in [5.74, 6) is 7.35. The average Bonchev–Trinajstić information content (AvgIpc) is 2.56. The first kappa shape index (κ1) is 16.8. The number of rotatable bonds is 6. The summed E-state index contributed by atoms with van der Waals surface area (Å²) in [5, 5.41) is 11.5. The van der Waals surface area contributed by atoms with Crippen molar-refractivity contribution in [2.45, 2.75) is 20.8 Å². The van der Waals surface area contributed by atoms with E-state index in [4.69, 9.17) is 9.47 Å². The van der Waals surface area contributed by atoms with Crippen LogP contribution in [0.15, 0.2) is 24.3 Å². The third-order valence-corrected chi connectivity index (χ3v) is 3.25. The number of aromatic nitrogens is 2. The van der Waals surface area contributed by atoms with E-state index in [1.54, 1.807) is 6.92 Å². The Kier molecular flexibility index (Phi) is 5.95. The largest absolute Gasteiger partial charge is 0.467 e. The molecule has 0 radical (unpaired) electrons. The van der Waals surface area contributed by atoms with Crippen LogP contribution < -0.4 is 10.1 Å². The molecular weight excluding hydrogens is 290 g/mol. The summed E-state index contributed by atoms with van der Waals surface area (Å²) in [5.41, 5.74) is 3.56. The van der Waals surface area contributed by atoms with Gasteiger partial charge in [0.1, 0.15) is 11.6 Å².